The van der Waals surface area contributed by atoms with E-state index in [0.717, 1.165) is 12.1 Å². The molecular formula is C16H14F4N2O. The van der Waals surface area contributed by atoms with Gasteiger partial charge in [0.25, 0.3) is 0 Å². The summed E-state index contributed by atoms with van der Waals surface area (Å²) in [5, 5.41) is 11.5. The monoisotopic (exact) mass is 326 g/mol. The second-order valence-electron chi connectivity index (χ2n) is 5.06. The van der Waals surface area contributed by atoms with Crippen LogP contribution < -0.4 is 5.73 Å². The fourth-order valence-corrected chi connectivity index (χ4v) is 2.13. The lowest BCUT2D eigenvalue weighted by Gasteiger charge is -2.12. The van der Waals surface area contributed by atoms with Crippen LogP contribution in [0.4, 0.5) is 17.6 Å². The van der Waals surface area contributed by atoms with Crippen LogP contribution in [0.1, 0.15) is 24.0 Å². The minimum atomic E-state index is -4.43. The van der Waals surface area contributed by atoms with E-state index in [1.54, 1.807) is 13.0 Å². The Balaban J connectivity index is 2.35. The van der Waals surface area contributed by atoms with Crippen LogP contribution in [0.3, 0.4) is 0 Å². The molecule has 0 aliphatic carbocycles. The highest BCUT2D eigenvalue weighted by Crippen LogP contribution is 2.32. The summed E-state index contributed by atoms with van der Waals surface area (Å²) in [5.41, 5.74) is 5.68. The van der Waals surface area contributed by atoms with Crippen molar-refractivity contribution >= 4 is 5.84 Å². The summed E-state index contributed by atoms with van der Waals surface area (Å²) in [7, 11) is 0. The van der Waals surface area contributed by atoms with Crippen molar-refractivity contribution in [3.63, 3.8) is 0 Å². The molecule has 23 heavy (non-hydrogen) atoms. The van der Waals surface area contributed by atoms with E-state index in [2.05, 4.69) is 5.16 Å². The van der Waals surface area contributed by atoms with Gasteiger partial charge in [0.1, 0.15) is 11.7 Å². The summed E-state index contributed by atoms with van der Waals surface area (Å²) in [6.45, 7) is 1.64. The Morgan fingerprint density at radius 2 is 1.74 bits per heavy atom. The average molecular weight is 326 g/mol. The molecule has 0 aliphatic rings. The van der Waals surface area contributed by atoms with Crippen molar-refractivity contribution in [1.82, 2.24) is 0 Å². The predicted octanol–water partition coefficient (Wildman–Crippen LogP) is 4.36. The molecule has 3 nitrogen and oxygen atoms in total. The molecule has 7 heteroatoms. The topological polar surface area (TPSA) is 58.6 Å². The van der Waals surface area contributed by atoms with Gasteiger partial charge in [-0.25, -0.2) is 4.39 Å². The number of alkyl halides is 3. The molecule has 0 spiro atoms. The smallest absolute Gasteiger partial charge is 0.409 e. The number of hydrogen-bond donors (Lipinski definition) is 2. The van der Waals surface area contributed by atoms with Gasteiger partial charge in [0.05, 0.1) is 5.56 Å². The number of nitrogens with zero attached hydrogens (tertiary/aromatic N) is 1. The summed E-state index contributed by atoms with van der Waals surface area (Å²) in [6.07, 6.45) is -4.43. The second kappa shape index (κ2) is 6.28. The molecule has 2 rings (SSSR count). The largest absolute Gasteiger partial charge is 0.416 e. The number of halogens is 4. The molecule has 1 unspecified atom stereocenters. The van der Waals surface area contributed by atoms with Crippen LogP contribution in [0.2, 0.25) is 0 Å². The molecule has 122 valence electrons. The van der Waals surface area contributed by atoms with Crippen LogP contribution in [0.15, 0.2) is 47.6 Å². The maximum atomic E-state index is 14.2. The van der Waals surface area contributed by atoms with E-state index >= 15 is 0 Å². The zero-order valence-electron chi connectivity index (χ0n) is 12.1. The van der Waals surface area contributed by atoms with Crippen molar-refractivity contribution in [2.24, 2.45) is 10.9 Å². The maximum Gasteiger partial charge on any atom is 0.416 e. The van der Waals surface area contributed by atoms with Crippen LogP contribution in [0.25, 0.3) is 11.1 Å². The first-order valence-electron chi connectivity index (χ1n) is 6.68. The van der Waals surface area contributed by atoms with Gasteiger partial charge in [-0.1, -0.05) is 36.3 Å². The summed E-state index contributed by atoms with van der Waals surface area (Å²) < 4.78 is 51.8. The minimum absolute atomic E-state index is 0.0633. The lowest BCUT2D eigenvalue weighted by molar-refractivity contribution is -0.137. The SMILES string of the molecule is CC(/C(N)=N/O)c1ccc(-c2ccc(C(F)(F)F)cc2)c(F)c1. The normalized spacial score (nSPS) is 13.9. The third-order valence-electron chi connectivity index (χ3n) is 3.58. The number of hydrogen-bond acceptors (Lipinski definition) is 2. The number of benzene rings is 2. The molecule has 1 atom stereocenters. The number of nitrogens with two attached hydrogens (primary N) is 1. The molecule has 3 N–H and O–H groups in total. The van der Waals surface area contributed by atoms with Crippen molar-refractivity contribution < 1.29 is 22.8 Å². The summed E-state index contributed by atoms with van der Waals surface area (Å²) in [6, 6.07) is 8.49. The fraction of sp³-hybridized carbons (Fsp3) is 0.188. The highest BCUT2D eigenvalue weighted by Gasteiger charge is 2.30. The predicted molar refractivity (Wildman–Crippen MR) is 78.7 cm³/mol. The molecule has 0 amide bonds. The Hall–Kier alpha value is -2.57. The van der Waals surface area contributed by atoms with Gasteiger partial charge in [0.2, 0.25) is 0 Å². The van der Waals surface area contributed by atoms with E-state index in [0.29, 0.717) is 11.1 Å². The van der Waals surface area contributed by atoms with Gasteiger partial charge >= 0.3 is 6.18 Å². The van der Waals surface area contributed by atoms with Gasteiger partial charge in [0, 0.05) is 11.5 Å². The van der Waals surface area contributed by atoms with E-state index in [4.69, 9.17) is 10.9 Å². The Labute approximate surface area is 130 Å². The molecule has 2 aromatic rings. The third kappa shape index (κ3) is 3.61. The van der Waals surface area contributed by atoms with Gasteiger partial charge in [-0.05, 0) is 29.3 Å². The molecule has 0 aliphatic heterocycles. The van der Waals surface area contributed by atoms with E-state index in [9.17, 15) is 17.6 Å². The Morgan fingerprint density at radius 3 is 2.22 bits per heavy atom. The molecule has 0 radical (unpaired) electrons. The number of amidine groups is 1. The van der Waals surface area contributed by atoms with Crippen LogP contribution in [-0.2, 0) is 6.18 Å². The zero-order valence-corrected chi connectivity index (χ0v) is 12.1. The first kappa shape index (κ1) is 16.8. The molecule has 2 aromatic carbocycles. The minimum Gasteiger partial charge on any atom is -0.409 e. The first-order valence-corrected chi connectivity index (χ1v) is 6.68. The van der Waals surface area contributed by atoms with E-state index in [-0.39, 0.29) is 11.4 Å². The molecule has 0 aromatic heterocycles. The van der Waals surface area contributed by atoms with E-state index in [1.165, 1.54) is 24.3 Å². The van der Waals surface area contributed by atoms with Gasteiger partial charge in [0.15, 0.2) is 0 Å². The van der Waals surface area contributed by atoms with Crippen molar-refractivity contribution in [2.75, 3.05) is 0 Å². The molecule has 0 saturated carbocycles. The third-order valence-corrected chi connectivity index (χ3v) is 3.58. The van der Waals surface area contributed by atoms with Crippen LogP contribution >= 0.6 is 0 Å². The molecule has 0 fully saturated rings. The van der Waals surface area contributed by atoms with Crippen molar-refractivity contribution in [2.45, 2.75) is 19.0 Å². The molecule has 0 heterocycles. The number of rotatable bonds is 3. The summed E-state index contributed by atoms with van der Waals surface area (Å²) in [5.74, 6) is -1.15. The average Bonchev–Trinajstić information content (AvgIpc) is 2.52. The Bertz CT molecular complexity index is 724. The quantitative estimate of drug-likeness (QED) is 0.289. The van der Waals surface area contributed by atoms with E-state index < -0.39 is 23.5 Å². The van der Waals surface area contributed by atoms with Crippen molar-refractivity contribution in [1.29, 1.82) is 0 Å². The lowest BCUT2D eigenvalue weighted by Crippen LogP contribution is -2.19. The lowest BCUT2D eigenvalue weighted by atomic mass is 9.96. The Morgan fingerprint density at radius 1 is 1.13 bits per heavy atom. The Kier molecular flexibility index (Phi) is 4.58. The number of oxime groups is 1. The molecule has 0 bridgehead atoms. The highest BCUT2D eigenvalue weighted by molar-refractivity contribution is 5.86. The first-order chi connectivity index (χ1) is 10.7. The van der Waals surface area contributed by atoms with Gasteiger partial charge in [-0.3, -0.25) is 0 Å². The van der Waals surface area contributed by atoms with Crippen LogP contribution in [-0.4, -0.2) is 11.0 Å². The van der Waals surface area contributed by atoms with Gasteiger partial charge in [-0.2, -0.15) is 13.2 Å². The van der Waals surface area contributed by atoms with Crippen LogP contribution in [0.5, 0.6) is 0 Å². The molecule has 0 saturated heterocycles. The summed E-state index contributed by atoms with van der Waals surface area (Å²) in [4.78, 5) is 0. The van der Waals surface area contributed by atoms with Crippen LogP contribution in [0, 0.1) is 5.82 Å². The fourth-order valence-electron chi connectivity index (χ4n) is 2.13. The standard InChI is InChI=1S/C16H14F4N2O/c1-9(15(21)22-23)11-4-7-13(14(17)8-11)10-2-5-12(6-3-10)16(18,19)20/h2-9,23H,1H3,(H2,21,22). The van der Waals surface area contributed by atoms with Crippen molar-refractivity contribution in [3.05, 3.63) is 59.4 Å². The van der Waals surface area contributed by atoms with Crippen molar-refractivity contribution in [3.8, 4) is 11.1 Å². The molecular weight excluding hydrogens is 312 g/mol. The van der Waals surface area contributed by atoms with Gasteiger partial charge < -0.3 is 10.9 Å². The van der Waals surface area contributed by atoms with E-state index in [1.807, 2.05) is 0 Å². The maximum absolute atomic E-state index is 14.2. The zero-order chi connectivity index (χ0) is 17.2. The second-order valence-corrected chi connectivity index (χ2v) is 5.06. The highest BCUT2D eigenvalue weighted by atomic mass is 19.4. The van der Waals surface area contributed by atoms with Gasteiger partial charge in [-0.15, -0.1) is 0 Å². The summed E-state index contributed by atoms with van der Waals surface area (Å²) >= 11 is 0.